The lowest BCUT2D eigenvalue weighted by Crippen LogP contribution is -2.64. The topological polar surface area (TPSA) is 113 Å². The van der Waals surface area contributed by atoms with Gasteiger partial charge in [-0.2, -0.15) is 8.42 Å². The number of hydrogen-bond donors (Lipinski definition) is 2. The van der Waals surface area contributed by atoms with Gasteiger partial charge in [0.25, 0.3) is 0 Å². The molecule has 0 saturated carbocycles. The summed E-state index contributed by atoms with van der Waals surface area (Å²) >= 11 is 1.73. The van der Waals surface area contributed by atoms with Gasteiger partial charge in [0.15, 0.2) is 11.5 Å². The van der Waals surface area contributed by atoms with E-state index in [0.717, 1.165) is 12.6 Å². The Kier molecular flexibility index (Phi) is 4.27. The number of alkyl halides is 1. The van der Waals surface area contributed by atoms with Gasteiger partial charge >= 0.3 is 16.1 Å². The Bertz CT molecular complexity index is 1060. The molecule has 0 unspecified atom stereocenters. The molecule has 1 aromatic rings. The van der Waals surface area contributed by atoms with E-state index in [0.29, 0.717) is 24.0 Å². The summed E-state index contributed by atoms with van der Waals surface area (Å²) in [6, 6.07) is 1.11. The molecule has 2 aliphatic heterocycles. The fourth-order valence-electron chi connectivity index (χ4n) is 5.70. The maximum atomic E-state index is 12.9. The van der Waals surface area contributed by atoms with Crippen molar-refractivity contribution in [1.82, 2.24) is 4.90 Å². The van der Waals surface area contributed by atoms with E-state index < -0.39 is 33.7 Å². The molecular weight excluding hydrogens is 513 g/mol. The first-order valence-corrected chi connectivity index (χ1v) is 12.3. The van der Waals surface area contributed by atoms with Crippen LogP contribution in [0.25, 0.3) is 0 Å². The van der Waals surface area contributed by atoms with Crippen molar-refractivity contribution in [2.45, 2.75) is 41.4 Å². The minimum atomic E-state index is -4.41. The number of rotatable bonds is 3. The Morgan fingerprint density at radius 1 is 1.45 bits per heavy atom. The van der Waals surface area contributed by atoms with Crippen molar-refractivity contribution < 1.29 is 32.3 Å². The zero-order valence-corrected chi connectivity index (χ0v) is 18.5. The minimum absolute atomic E-state index is 0.0100. The van der Waals surface area contributed by atoms with Crippen LogP contribution in [0.1, 0.15) is 17.5 Å². The first-order chi connectivity index (χ1) is 13.7. The number of phenols is 1. The predicted octanol–water partition coefficient (Wildman–Crippen LogP) is 0.865. The smallest absolute Gasteiger partial charge is 0.342 e. The van der Waals surface area contributed by atoms with E-state index in [2.05, 4.69) is 4.90 Å². The Balaban J connectivity index is 1.78. The van der Waals surface area contributed by atoms with Crippen molar-refractivity contribution in [1.29, 1.82) is 0 Å². The predicted molar refractivity (Wildman–Crippen MR) is 110 cm³/mol. The number of piperidine rings is 1. The molecule has 2 N–H and O–H groups in total. The third-order valence-electron chi connectivity index (χ3n) is 6.82. The highest BCUT2D eigenvalue weighted by Crippen LogP contribution is 2.63. The molecule has 0 radical (unpaired) electrons. The molecule has 1 fully saturated rings. The van der Waals surface area contributed by atoms with Crippen molar-refractivity contribution in [2.75, 3.05) is 18.0 Å². The molecule has 29 heavy (non-hydrogen) atoms. The summed E-state index contributed by atoms with van der Waals surface area (Å²) in [6.07, 6.45) is 3.35. The molecule has 1 aromatic carbocycles. The molecule has 5 atom stereocenters. The first kappa shape index (κ1) is 19.6. The average molecular weight is 533 g/mol. The van der Waals surface area contributed by atoms with Crippen LogP contribution in [-0.4, -0.2) is 65.8 Å². The van der Waals surface area contributed by atoms with Crippen LogP contribution in [0.2, 0.25) is 0 Å². The molecule has 1 saturated heterocycles. The van der Waals surface area contributed by atoms with Crippen LogP contribution in [0.4, 0.5) is 0 Å². The van der Waals surface area contributed by atoms with Gasteiger partial charge < -0.3 is 24.0 Å². The lowest BCUT2D eigenvalue weighted by atomic mass is 9.53. The summed E-state index contributed by atoms with van der Waals surface area (Å²) in [5, 5.41) is 21.3. The number of benzene rings is 1. The summed E-state index contributed by atoms with van der Waals surface area (Å²) in [6.45, 7) is 0.766. The van der Waals surface area contributed by atoms with Crippen LogP contribution < -0.4 is 4.74 Å². The molecule has 0 amide bonds. The van der Waals surface area contributed by atoms with Gasteiger partial charge in [-0.1, -0.05) is 34.7 Å². The number of likely N-dealkylation sites (tertiary alicyclic amines) is 1. The number of carbonyl (C=O) groups is 1. The Hall–Kier alpha value is -1.37. The second-order valence-electron chi connectivity index (χ2n) is 8.10. The molecule has 156 valence electrons. The summed E-state index contributed by atoms with van der Waals surface area (Å²) in [5.74, 6) is -0.926. The van der Waals surface area contributed by atoms with Gasteiger partial charge in [0, 0.05) is 29.0 Å². The highest BCUT2D eigenvalue weighted by atomic mass is 127. The highest BCUT2D eigenvalue weighted by molar-refractivity contribution is 14.1. The second kappa shape index (κ2) is 6.32. The normalized spacial score (nSPS) is 34.4. The number of halogens is 1. The van der Waals surface area contributed by atoms with Gasteiger partial charge in [-0.05, 0) is 32.0 Å². The zero-order valence-electron chi connectivity index (χ0n) is 15.5. The van der Waals surface area contributed by atoms with Crippen LogP contribution in [0.3, 0.4) is 0 Å². The third-order valence-corrected chi connectivity index (χ3v) is 8.75. The molecule has 1 spiro atoms. The highest BCUT2D eigenvalue weighted by Gasteiger charge is 2.65. The molecule has 2 aliphatic carbocycles. The van der Waals surface area contributed by atoms with Crippen molar-refractivity contribution in [2.24, 2.45) is 5.92 Å². The third kappa shape index (κ3) is 2.48. The summed E-state index contributed by atoms with van der Waals surface area (Å²) in [4.78, 5) is 13.7. The molecule has 0 aromatic heterocycles. The van der Waals surface area contributed by atoms with E-state index in [4.69, 9.17) is 8.92 Å². The van der Waals surface area contributed by atoms with Crippen LogP contribution in [0.5, 0.6) is 11.5 Å². The molecule has 5 rings (SSSR count). The van der Waals surface area contributed by atoms with E-state index in [-0.39, 0.29) is 32.8 Å². The molecular formula is C19H20INO7S. The van der Waals surface area contributed by atoms with Crippen LogP contribution in [0.15, 0.2) is 23.1 Å². The fourth-order valence-corrected chi connectivity index (χ4v) is 7.21. The molecule has 4 aliphatic rings. The van der Waals surface area contributed by atoms with E-state index in [1.165, 1.54) is 0 Å². The number of aromatic hydroxyl groups is 1. The van der Waals surface area contributed by atoms with Gasteiger partial charge in [-0.25, -0.2) is 0 Å². The Labute approximate surface area is 181 Å². The zero-order chi connectivity index (χ0) is 20.7. The minimum Gasteiger partial charge on any atom is -0.504 e. The van der Waals surface area contributed by atoms with E-state index >= 15 is 0 Å². The number of carbonyl (C=O) groups excluding carboxylic acids is 1. The summed E-state index contributed by atoms with van der Waals surface area (Å²) < 4.78 is 36.5. The standard InChI is InChI=1S/C19H20INO7S/c1-21-5-4-19-10-2-3-12(22)18(19)27-17-13(23)7-14(9(16(17)19)6-11(10)21)29(25,26)28-15(24)8-20/h2-3,7,10-12,18,22-23H,4-6,8H2,1H3/t10-,11+,12-,18-,19-/m0/s1. The lowest BCUT2D eigenvalue weighted by molar-refractivity contribution is -0.130. The monoisotopic (exact) mass is 533 g/mol. The van der Waals surface area contributed by atoms with Crippen LogP contribution in [0, 0.1) is 5.92 Å². The number of phenolic OH excluding ortho intramolecular Hbond substituents is 1. The molecule has 2 bridgehead atoms. The van der Waals surface area contributed by atoms with E-state index in [9.17, 15) is 23.4 Å². The van der Waals surface area contributed by atoms with Crippen LogP contribution in [-0.2, 0) is 30.9 Å². The molecule has 8 nitrogen and oxygen atoms in total. The largest absolute Gasteiger partial charge is 0.504 e. The van der Waals surface area contributed by atoms with Gasteiger partial charge in [-0.3, -0.25) is 4.79 Å². The Morgan fingerprint density at radius 3 is 2.93 bits per heavy atom. The summed E-state index contributed by atoms with van der Waals surface area (Å²) in [5.41, 5.74) is 0.533. The van der Waals surface area contributed by atoms with Gasteiger partial charge in [0.1, 0.15) is 17.1 Å². The van der Waals surface area contributed by atoms with Gasteiger partial charge in [0.05, 0.1) is 4.43 Å². The maximum Gasteiger partial charge on any atom is 0.342 e. The van der Waals surface area contributed by atoms with Crippen molar-refractivity contribution in [3.8, 4) is 11.5 Å². The van der Waals surface area contributed by atoms with Gasteiger partial charge in [0.2, 0.25) is 0 Å². The van der Waals surface area contributed by atoms with E-state index in [1.54, 1.807) is 28.7 Å². The fraction of sp³-hybridized carbons (Fsp3) is 0.526. The van der Waals surface area contributed by atoms with Gasteiger partial charge in [-0.15, -0.1) is 0 Å². The number of likely N-dealkylation sites (N-methyl/N-ethyl adjacent to an activating group) is 1. The number of hydrogen-bond acceptors (Lipinski definition) is 8. The van der Waals surface area contributed by atoms with Crippen molar-refractivity contribution in [3.05, 3.63) is 29.3 Å². The Morgan fingerprint density at radius 2 is 2.21 bits per heavy atom. The van der Waals surface area contributed by atoms with Crippen molar-refractivity contribution >= 4 is 38.7 Å². The number of ether oxygens (including phenoxy) is 1. The molecule has 2 heterocycles. The second-order valence-corrected chi connectivity index (χ2v) is 10.4. The maximum absolute atomic E-state index is 12.9. The number of aliphatic hydroxyl groups is 1. The first-order valence-electron chi connectivity index (χ1n) is 9.36. The SMILES string of the molecule is CN1CC[C@]23c4c5c(S(=O)(=O)OC(=O)CI)cc(O)c4O[C@H]2[C@@H](O)C=C[C@H]3[C@H]1C5. The summed E-state index contributed by atoms with van der Waals surface area (Å²) in [7, 11) is -2.41. The van der Waals surface area contributed by atoms with Crippen molar-refractivity contribution in [3.63, 3.8) is 0 Å². The quantitative estimate of drug-likeness (QED) is 0.255. The number of aliphatic hydroxyl groups excluding tert-OH is 1. The lowest BCUT2D eigenvalue weighted by Gasteiger charge is -2.56. The van der Waals surface area contributed by atoms with E-state index in [1.807, 2.05) is 13.1 Å². The molecule has 10 heteroatoms. The van der Waals surface area contributed by atoms with Crippen LogP contribution >= 0.6 is 22.6 Å². The average Bonchev–Trinajstić information content (AvgIpc) is 3.02. The number of nitrogens with zero attached hydrogens (tertiary/aromatic N) is 1.